The van der Waals surface area contributed by atoms with E-state index in [0.717, 1.165) is 66.2 Å². The largest absolute Gasteiger partial charge is 0.486 e. The Kier molecular flexibility index (Phi) is 6.31. The minimum Gasteiger partial charge on any atom is -0.486 e. The van der Waals surface area contributed by atoms with Crippen LogP contribution in [0.2, 0.25) is 0 Å². The fourth-order valence-corrected chi connectivity index (χ4v) is 6.01. The molecule has 0 amide bonds. The van der Waals surface area contributed by atoms with Gasteiger partial charge in [0.1, 0.15) is 13.2 Å². The summed E-state index contributed by atoms with van der Waals surface area (Å²) in [6, 6.07) is 22.4. The first-order chi connectivity index (χ1) is 19.7. The molecule has 1 unspecified atom stereocenters. The number of ether oxygens (including phenoxy) is 2. The van der Waals surface area contributed by atoms with Crippen molar-refractivity contribution in [2.75, 3.05) is 26.3 Å². The van der Waals surface area contributed by atoms with Crippen molar-refractivity contribution in [1.29, 1.82) is 0 Å². The third kappa shape index (κ3) is 4.34. The van der Waals surface area contributed by atoms with Crippen LogP contribution >= 0.6 is 0 Å². The fraction of sp³-hybridized carbons (Fsp3) is 0.333. The standard InChI is InChI=1S/C30H31N7O3/c1-2-20-7-9-21(10-8-20)28(29-32-33-34-37(29)23-11-12-26-27(19-23)40-18-17-39-26)35-15-13-22(14-16-35)36-25-6-4-3-5-24(25)31-30(36)38/h3-12,19,22,28H,2,13-18H2,1H3,(H,31,38). The van der Waals surface area contributed by atoms with Gasteiger partial charge in [-0.3, -0.25) is 9.47 Å². The maximum absolute atomic E-state index is 12.9. The Morgan fingerprint density at radius 3 is 2.55 bits per heavy atom. The van der Waals surface area contributed by atoms with Crippen molar-refractivity contribution >= 4 is 11.0 Å². The molecule has 1 saturated heterocycles. The number of aryl methyl sites for hydroxylation is 1. The smallest absolute Gasteiger partial charge is 0.326 e. The fourth-order valence-electron chi connectivity index (χ4n) is 6.01. The Balaban J connectivity index is 1.23. The summed E-state index contributed by atoms with van der Waals surface area (Å²) in [5.74, 6) is 2.16. The number of nitrogens with zero attached hydrogens (tertiary/aromatic N) is 6. The number of tetrazole rings is 1. The lowest BCUT2D eigenvalue weighted by Gasteiger charge is -2.37. The van der Waals surface area contributed by atoms with E-state index in [-0.39, 0.29) is 17.8 Å². The van der Waals surface area contributed by atoms with Crippen LogP contribution in [0.15, 0.2) is 71.5 Å². The molecule has 0 spiro atoms. The van der Waals surface area contributed by atoms with Crippen molar-refractivity contribution in [3.63, 3.8) is 0 Å². The van der Waals surface area contributed by atoms with Gasteiger partial charge in [0.05, 0.1) is 22.8 Å². The second-order valence-electron chi connectivity index (χ2n) is 10.4. The third-order valence-corrected chi connectivity index (χ3v) is 8.07. The first kappa shape index (κ1) is 24.6. The van der Waals surface area contributed by atoms with E-state index in [4.69, 9.17) is 9.47 Å². The van der Waals surface area contributed by atoms with E-state index < -0.39 is 0 Å². The van der Waals surface area contributed by atoms with Crippen molar-refractivity contribution in [1.82, 2.24) is 34.7 Å². The summed E-state index contributed by atoms with van der Waals surface area (Å²) in [4.78, 5) is 18.3. The van der Waals surface area contributed by atoms with E-state index in [2.05, 4.69) is 56.6 Å². The number of para-hydroxylation sites is 2. The summed E-state index contributed by atoms with van der Waals surface area (Å²) in [5.41, 5.74) is 5.02. The Hall–Kier alpha value is -4.44. The number of H-pyrrole nitrogens is 1. The molecule has 3 aromatic carbocycles. The van der Waals surface area contributed by atoms with Gasteiger partial charge < -0.3 is 14.5 Å². The van der Waals surface area contributed by atoms with Crippen LogP contribution in [0.1, 0.15) is 48.8 Å². The number of likely N-dealkylation sites (tertiary alicyclic amines) is 1. The van der Waals surface area contributed by atoms with Crippen LogP contribution < -0.4 is 15.2 Å². The summed E-state index contributed by atoms with van der Waals surface area (Å²) < 4.78 is 15.3. The Labute approximate surface area is 231 Å². The molecule has 0 radical (unpaired) electrons. The molecule has 0 aliphatic carbocycles. The van der Waals surface area contributed by atoms with Gasteiger partial charge in [0, 0.05) is 25.2 Å². The summed E-state index contributed by atoms with van der Waals surface area (Å²) in [6.45, 7) is 4.81. The predicted octanol–water partition coefficient (Wildman–Crippen LogP) is 4.07. The summed E-state index contributed by atoms with van der Waals surface area (Å²) >= 11 is 0. The lowest BCUT2D eigenvalue weighted by molar-refractivity contribution is 0.148. The van der Waals surface area contributed by atoms with Crippen LogP contribution in [-0.2, 0) is 6.42 Å². The Morgan fingerprint density at radius 1 is 0.975 bits per heavy atom. The molecule has 1 N–H and O–H groups in total. The zero-order valence-electron chi connectivity index (χ0n) is 22.4. The first-order valence-corrected chi connectivity index (χ1v) is 13.9. The minimum absolute atomic E-state index is 0.0473. The monoisotopic (exact) mass is 537 g/mol. The summed E-state index contributed by atoms with van der Waals surface area (Å²) in [7, 11) is 0. The Bertz CT molecular complexity index is 1700. The van der Waals surface area contributed by atoms with Gasteiger partial charge in [-0.15, -0.1) is 5.10 Å². The van der Waals surface area contributed by atoms with E-state index in [0.29, 0.717) is 19.0 Å². The van der Waals surface area contributed by atoms with Crippen molar-refractivity contribution in [3.05, 3.63) is 94.2 Å². The van der Waals surface area contributed by atoms with E-state index in [1.54, 1.807) is 4.68 Å². The maximum atomic E-state index is 12.9. The molecule has 2 aromatic heterocycles. The number of nitrogens with one attached hydrogen (secondary N) is 1. The maximum Gasteiger partial charge on any atom is 0.326 e. The topological polar surface area (TPSA) is 103 Å². The molecule has 10 nitrogen and oxygen atoms in total. The van der Waals surface area contributed by atoms with Gasteiger partial charge in [-0.2, -0.15) is 4.68 Å². The minimum atomic E-state index is -0.158. The van der Waals surface area contributed by atoms with Gasteiger partial charge in [-0.25, -0.2) is 4.79 Å². The van der Waals surface area contributed by atoms with Crippen molar-refractivity contribution in [3.8, 4) is 17.2 Å². The molecule has 4 heterocycles. The molecule has 1 fully saturated rings. The van der Waals surface area contributed by atoms with E-state index in [9.17, 15) is 4.79 Å². The molecule has 1 atom stereocenters. The number of hydrogen-bond donors (Lipinski definition) is 1. The van der Waals surface area contributed by atoms with Crippen molar-refractivity contribution < 1.29 is 9.47 Å². The van der Waals surface area contributed by atoms with Crippen LogP contribution in [0.25, 0.3) is 16.7 Å². The van der Waals surface area contributed by atoms with Gasteiger partial charge in [0.15, 0.2) is 17.3 Å². The molecule has 0 saturated carbocycles. The van der Waals surface area contributed by atoms with Crippen LogP contribution in [0.4, 0.5) is 0 Å². The van der Waals surface area contributed by atoms with Crippen LogP contribution in [0, 0.1) is 0 Å². The molecule has 2 aliphatic rings. The molecule has 2 aliphatic heterocycles. The highest BCUT2D eigenvalue weighted by Gasteiger charge is 2.33. The average molecular weight is 538 g/mol. The quantitative estimate of drug-likeness (QED) is 0.348. The number of piperidine rings is 1. The first-order valence-electron chi connectivity index (χ1n) is 13.9. The molecule has 5 aromatic rings. The Morgan fingerprint density at radius 2 is 1.75 bits per heavy atom. The van der Waals surface area contributed by atoms with Gasteiger partial charge >= 0.3 is 5.69 Å². The number of rotatable bonds is 6. The molecule has 204 valence electrons. The van der Waals surface area contributed by atoms with Crippen LogP contribution in [-0.4, -0.2) is 61.0 Å². The van der Waals surface area contributed by atoms with Crippen LogP contribution in [0.5, 0.6) is 11.5 Å². The highest BCUT2D eigenvalue weighted by Crippen LogP contribution is 2.36. The van der Waals surface area contributed by atoms with Gasteiger partial charge in [0.25, 0.3) is 0 Å². The molecule has 10 heteroatoms. The van der Waals surface area contributed by atoms with Gasteiger partial charge in [-0.05, 0) is 65.1 Å². The molecule has 0 bridgehead atoms. The number of hydrogen-bond acceptors (Lipinski definition) is 7. The second-order valence-corrected chi connectivity index (χ2v) is 10.4. The lowest BCUT2D eigenvalue weighted by Crippen LogP contribution is -2.40. The number of aromatic nitrogens is 6. The van der Waals surface area contributed by atoms with Gasteiger partial charge in [-0.1, -0.05) is 43.3 Å². The zero-order valence-corrected chi connectivity index (χ0v) is 22.4. The van der Waals surface area contributed by atoms with Crippen LogP contribution in [0.3, 0.4) is 0 Å². The molecular weight excluding hydrogens is 506 g/mol. The number of fused-ring (bicyclic) bond motifs is 2. The van der Waals surface area contributed by atoms with E-state index in [1.165, 1.54) is 5.56 Å². The number of benzene rings is 3. The van der Waals surface area contributed by atoms with E-state index in [1.807, 2.05) is 47.0 Å². The lowest BCUT2D eigenvalue weighted by atomic mass is 9.97. The average Bonchev–Trinajstić information content (AvgIpc) is 3.62. The number of aromatic amines is 1. The highest BCUT2D eigenvalue weighted by molar-refractivity contribution is 5.75. The van der Waals surface area contributed by atoms with E-state index >= 15 is 0 Å². The van der Waals surface area contributed by atoms with Crippen molar-refractivity contribution in [2.24, 2.45) is 0 Å². The molecule has 7 rings (SSSR count). The van der Waals surface area contributed by atoms with Gasteiger partial charge in [0.2, 0.25) is 0 Å². The second kappa shape index (κ2) is 10.3. The SMILES string of the molecule is CCc1ccc(C(c2nnnn2-c2ccc3c(c2)OCCO3)N2CCC(n3c(=O)[nH]c4ccccc43)CC2)cc1. The highest BCUT2D eigenvalue weighted by atomic mass is 16.6. The number of imidazole rings is 1. The third-order valence-electron chi connectivity index (χ3n) is 8.07. The van der Waals surface area contributed by atoms with Crippen molar-refractivity contribution in [2.45, 2.75) is 38.3 Å². The molecule has 40 heavy (non-hydrogen) atoms. The predicted molar refractivity (Wildman–Crippen MR) is 150 cm³/mol. The summed E-state index contributed by atoms with van der Waals surface area (Å²) in [5, 5.41) is 13.0. The molecular formula is C30H31N7O3. The normalized spacial score (nSPS) is 16.8. The zero-order chi connectivity index (χ0) is 27.1. The summed E-state index contributed by atoms with van der Waals surface area (Å²) in [6.07, 6.45) is 2.67.